The largest absolute Gasteiger partial charge is 0.481 e. The molecule has 0 saturated carbocycles. The van der Waals surface area contributed by atoms with Gasteiger partial charge in [-0.3, -0.25) is 45.3 Å². The van der Waals surface area contributed by atoms with E-state index in [1.165, 1.54) is 62.8 Å². The van der Waals surface area contributed by atoms with Crippen LogP contribution in [0, 0.1) is 80.5 Å². The Morgan fingerprint density at radius 1 is 0.512 bits per heavy atom. The van der Waals surface area contributed by atoms with Gasteiger partial charge in [0.2, 0.25) is 46.9 Å². The van der Waals surface area contributed by atoms with Crippen molar-refractivity contribution in [2.24, 2.45) is 0 Å². The van der Waals surface area contributed by atoms with E-state index in [4.69, 9.17) is 73.3 Å². The topological polar surface area (TPSA) is 539 Å². The Labute approximate surface area is 714 Å². The fraction of sp³-hybridized carbons (Fsp3) is 0.468. The number of carboxylic acid groups (broad SMARTS) is 1. The van der Waals surface area contributed by atoms with Gasteiger partial charge in [-0.1, -0.05) is 101 Å². The number of alkyl halides is 9. The monoisotopic (exact) mass is 1820 g/mol. The average molecular weight is 1820 g/mol. The fourth-order valence-electron chi connectivity index (χ4n) is 10.0. The predicted octanol–water partition coefficient (Wildman–Crippen LogP) is 15.5. The van der Waals surface area contributed by atoms with Crippen LogP contribution in [0.5, 0.6) is 0 Å². The number of aldehydes is 1. The minimum Gasteiger partial charge on any atom is -0.481 e. The second-order valence-electron chi connectivity index (χ2n) is 28.3. The molecule has 0 spiro atoms. The zero-order valence-electron chi connectivity index (χ0n) is 68.7. The van der Waals surface area contributed by atoms with Gasteiger partial charge >= 0.3 is 24.1 Å². The Hall–Kier alpha value is -11.6. The molecule has 684 valence electrons. The highest BCUT2D eigenvalue weighted by atomic mass is 35.5. The van der Waals surface area contributed by atoms with E-state index >= 15 is 0 Å². The van der Waals surface area contributed by atoms with Crippen molar-refractivity contribution < 1.29 is 131 Å². The minimum atomic E-state index is -4.71. The maximum atomic E-state index is 12.2. The molecule has 12 rings (SSSR count). The first-order valence-corrected chi connectivity index (χ1v) is 41.4. The highest BCUT2D eigenvalue weighted by Gasteiger charge is 2.45. The van der Waals surface area contributed by atoms with Crippen LogP contribution in [-0.4, -0.2) is 196 Å². The molecule has 7 heterocycles. The molecule has 2 unspecified atom stereocenters. The SMILES string of the molecule is C1CCOC1.C[Si](C)(C)C(F)(F)F.Cc1ccc(-c2noc(CCC(O)C(F)(F)F)n2)cc1N.Cc1ccc(-c2noc(CCC(O)C(F)(F)F)n2)cc1[N+](=O)[O-].Cc1ccc(-c2noc(CCC3OCCCO3)n2)cc1[N+](=O)[O-].Cc1ccc(-c2noc(CCC=O)n2)cc1[N+](=O)[O-].Cc1ccc(C(=N)CO)cc1[N+](=O)[O-].Cl.O=C(O)CCC1OCCCO1. The number of hydrogen-bond donors (Lipinski definition) is 6. The number of ether oxygens (including phenoxy) is 5. The van der Waals surface area contributed by atoms with Gasteiger partial charge in [-0.15, -0.1) is 12.4 Å². The van der Waals surface area contributed by atoms with Crippen molar-refractivity contribution in [2.45, 2.75) is 187 Å². The second kappa shape index (κ2) is 51.0. The molecule has 3 fully saturated rings. The molecule has 0 bridgehead atoms. The molecule has 0 radical (unpaired) electrons. The van der Waals surface area contributed by atoms with E-state index in [1.807, 2.05) is 6.92 Å². The number of aliphatic hydroxyl groups excluding tert-OH is 3. The Morgan fingerprint density at radius 2 is 0.832 bits per heavy atom. The first-order valence-electron chi connectivity index (χ1n) is 37.9. The van der Waals surface area contributed by atoms with E-state index in [0.29, 0.717) is 132 Å². The molecule has 5 aromatic carbocycles. The van der Waals surface area contributed by atoms with E-state index in [9.17, 15) is 89.6 Å². The number of nitro groups is 4. The standard InChI is InChI=1S/C15H17N3O5.C13H12F3N3O4.C13H14F3N3O2.C12H11N3O4.C9H10N2O3.C7H12O4.C4H9F3Si.C4H8O.ClH/c1-10-3-4-11(9-12(10)18(19)20)15-16-13(23-17-15)5-6-14-21-7-2-8-22-14;1-7-2-3-8(6-9(7)19(21)22)12-17-11(23-18-12)5-4-10(20)13(14,15)16;1-7-2-3-8(6-9(7)17)12-18-11(21-19-12)5-4-10(20)13(14,15)16;1-8-4-5-9(7-10(8)15(17)18)12-13-11(19-14-12)3-2-6-16;1-6-2-3-7(8(10)5-12)4-9(6)11(13)14;8-6(9)2-3-7-10-4-1-5-11-7;1-8(2,3)4(5,6)7;1-2-4-5-3-1;/h3-4,9,14H,2,5-8H2,1H3;2-3,6,10,20H,4-5H2,1H3;2-3,6,10,20H,4-5,17H2,1H3;4-7H,2-3H2,1H3;2-4,10,12H,5H2,1H3;7H,1-5H2,(H,8,9);1-3H3;1-4H2;1H. The lowest BCUT2D eigenvalue weighted by molar-refractivity contribution is -0.385. The number of nitrogen functional groups attached to an aromatic ring is 1. The number of aliphatic carboxylic acids is 1. The van der Waals surface area contributed by atoms with E-state index in [-0.39, 0.29) is 102 Å². The predicted molar refractivity (Wildman–Crippen MR) is 432 cm³/mol. The first-order chi connectivity index (χ1) is 58.3. The number of hydrogen-bond acceptors (Lipinski definition) is 32. The zero-order valence-corrected chi connectivity index (χ0v) is 70.5. The summed E-state index contributed by atoms with van der Waals surface area (Å²) in [5, 5.41) is 100. The number of aryl methyl sites for hydroxylation is 9. The van der Waals surface area contributed by atoms with Crippen molar-refractivity contribution in [1.29, 1.82) is 5.41 Å². The molecule has 3 saturated heterocycles. The molecule has 0 aliphatic carbocycles. The number of aliphatic hydroxyl groups is 3. The number of halogens is 10. The molecular weight excluding hydrogens is 1720 g/mol. The lowest BCUT2D eigenvalue weighted by atomic mass is 10.1. The lowest BCUT2D eigenvalue weighted by Crippen LogP contribution is -2.40. The van der Waals surface area contributed by atoms with Gasteiger partial charge in [0.25, 0.3) is 22.7 Å². The third kappa shape index (κ3) is 36.6. The summed E-state index contributed by atoms with van der Waals surface area (Å²) in [6, 6.07) is 23.6. The van der Waals surface area contributed by atoms with E-state index in [0.717, 1.165) is 37.9 Å². The maximum absolute atomic E-state index is 12.2. The number of carboxylic acids is 1. The molecule has 7 N–H and O–H groups in total. The Morgan fingerprint density at radius 3 is 1.14 bits per heavy atom. The van der Waals surface area contributed by atoms with E-state index in [1.54, 1.807) is 88.4 Å². The van der Waals surface area contributed by atoms with Gasteiger partial charge < -0.3 is 78.1 Å². The summed E-state index contributed by atoms with van der Waals surface area (Å²) in [5.74, 6) is -3.08. The van der Waals surface area contributed by atoms with Crippen LogP contribution in [0.2, 0.25) is 19.6 Å². The van der Waals surface area contributed by atoms with E-state index < -0.39 is 83.5 Å². The Kier molecular flexibility index (Phi) is 43.2. The first kappa shape index (κ1) is 106. The van der Waals surface area contributed by atoms with Crippen LogP contribution in [0.4, 0.5) is 68.0 Å². The summed E-state index contributed by atoms with van der Waals surface area (Å²) >= 11 is 0. The quantitative estimate of drug-likeness (QED) is 0.00588. The molecule has 2 atom stereocenters. The number of rotatable bonds is 25. The minimum absolute atomic E-state index is 0. The molecule has 9 aromatic rings. The normalized spacial score (nSPS) is 13.9. The maximum Gasteiger partial charge on any atom is 0.414 e. The van der Waals surface area contributed by atoms with Crippen molar-refractivity contribution in [2.75, 3.05) is 52.0 Å². The second-order valence-corrected chi connectivity index (χ2v) is 33.3. The number of nitrogens with one attached hydrogen (secondary N) is 1. The summed E-state index contributed by atoms with van der Waals surface area (Å²) in [6.45, 7) is 16.6. The van der Waals surface area contributed by atoms with Gasteiger partial charge in [-0.25, -0.2) is 0 Å². The third-order valence-electron chi connectivity index (χ3n) is 17.5. The van der Waals surface area contributed by atoms with Crippen molar-refractivity contribution >= 4 is 66.9 Å². The number of nitro benzene ring substituents is 4. The van der Waals surface area contributed by atoms with Crippen LogP contribution in [0.15, 0.2) is 109 Å². The number of aromatic nitrogens is 8. The van der Waals surface area contributed by atoms with Crippen molar-refractivity contribution in [3.8, 4) is 45.6 Å². The van der Waals surface area contributed by atoms with E-state index in [2.05, 4.69) is 40.6 Å². The molecule has 37 nitrogen and oxygen atoms in total. The van der Waals surface area contributed by atoms with Gasteiger partial charge in [-0.05, 0) is 84.8 Å². The average Bonchev–Trinajstić information content (AvgIpc) is 1.72. The molecular formula is C77H94ClF9N14O23Si. The molecule has 125 heavy (non-hydrogen) atoms. The summed E-state index contributed by atoms with van der Waals surface area (Å²) in [6.07, 6.45) is -8.77. The number of anilines is 1. The van der Waals surface area contributed by atoms with Gasteiger partial charge in [0.1, 0.15) is 18.5 Å². The highest BCUT2D eigenvalue weighted by molar-refractivity contribution is 6.78. The van der Waals surface area contributed by atoms with Crippen molar-refractivity contribution in [1.82, 2.24) is 40.6 Å². The van der Waals surface area contributed by atoms with Crippen LogP contribution in [0.25, 0.3) is 45.6 Å². The van der Waals surface area contributed by atoms with Gasteiger partial charge in [0, 0.05) is 138 Å². The van der Waals surface area contributed by atoms with Crippen LogP contribution < -0.4 is 5.73 Å². The summed E-state index contributed by atoms with van der Waals surface area (Å²) in [7, 11) is -2.86. The Balaban J connectivity index is 0.000000308. The number of carbonyl (C=O) groups is 2. The van der Waals surface area contributed by atoms with Crippen LogP contribution >= 0.6 is 12.4 Å². The van der Waals surface area contributed by atoms with Gasteiger partial charge in [0.15, 0.2) is 20.7 Å². The molecule has 3 aliphatic rings. The Bertz CT molecular complexity index is 4920. The van der Waals surface area contributed by atoms with Crippen molar-refractivity contribution in [3.63, 3.8) is 0 Å². The number of nitrogens with zero attached hydrogens (tertiary/aromatic N) is 12. The van der Waals surface area contributed by atoms with Gasteiger partial charge in [0.05, 0.1) is 64.9 Å². The smallest absolute Gasteiger partial charge is 0.414 e. The fourth-order valence-corrected chi connectivity index (χ4v) is 10.0. The van der Waals surface area contributed by atoms with Crippen LogP contribution in [0.3, 0.4) is 0 Å². The molecule has 3 aliphatic heterocycles. The van der Waals surface area contributed by atoms with Crippen molar-refractivity contribution in [3.05, 3.63) is 188 Å². The molecule has 4 aromatic heterocycles. The summed E-state index contributed by atoms with van der Waals surface area (Å²) in [5.41, 5.74) is 11.6. The summed E-state index contributed by atoms with van der Waals surface area (Å²) in [4.78, 5) is 78.0. The van der Waals surface area contributed by atoms with Gasteiger partial charge in [-0.2, -0.15) is 59.4 Å². The third-order valence-corrected chi connectivity index (χ3v) is 19.2. The molecule has 48 heteroatoms. The number of carbonyl (C=O) groups excluding carboxylic acids is 1. The number of nitrogens with two attached hydrogens (primary N) is 1. The molecule has 0 amide bonds. The lowest BCUT2D eigenvalue weighted by Gasteiger charge is -2.22. The number of benzene rings is 5. The van der Waals surface area contributed by atoms with Crippen LogP contribution in [-0.2, 0) is 59.0 Å². The zero-order chi connectivity index (χ0) is 92.2. The summed E-state index contributed by atoms with van der Waals surface area (Å²) < 4.78 is 154. The van der Waals surface area contributed by atoms with Crippen LogP contribution in [0.1, 0.15) is 121 Å². The highest BCUT2D eigenvalue weighted by Crippen LogP contribution is 2.33.